The van der Waals surface area contributed by atoms with Gasteiger partial charge in [0.15, 0.2) is 0 Å². The van der Waals surface area contributed by atoms with E-state index in [1.807, 2.05) is 6.07 Å². The molecule has 0 N–H and O–H groups in total. The Hall–Kier alpha value is -2.41. The number of nitrogens with zero attached hydrogens (tertiary/aromatic N) is 1. The highest BCUT2D eigenvalue weighted by molar-refractivity contribution is 5.84. The molecule has 1 aromatic rings. The molecule has 0 radical (unpaired) electrons. The molecule has 0 aliphatic heterocycles. The highest BCUT2D eigenvalue weighted by Crippen LogP contribution is 2.31. The molecule has 1 rings (SSSR count). The zero-order valence-electron chi connectivity index (χ0n) is 10.3. The maximum Gasteiger partial charge on any atom is 0.335 e. The first kappa shape index (κ1) is 13.7. The van der Waals surface area contributed by atoms with E-state index in [1.54, 1.807) is 19.9 Å². The summed E-state index contributed by atoms with van der Waals surface area (Å²) in [5.74, 6) is -0.348. The Bertz CT molecular complexity index is 538. The number of ether oxygens (including phenoxy) is 1. The van der Waals surface area contributed by atoms with Crippen molar-refractivity contribution in [3.05, 3.63) is 42.0 Å². The minimum atomic E-state index is -0.844. The molecule has 92 valence electrons. The number of rotatable bonds is 4. The first-order valence-corrected chi connectivity index (χ1v) is 5.30. The van der Waals surface area contributed by atoms with Crippen LogP contribution in [0.25, 0.3) is 0 Å². The van der Waals surface area contributed by atoms with Crippen LogP contribution in [0.1, 0.15) is 25.0 Å². The van der Waals surface area contributed by atoms with Crippen molar-refractivity contribution in [3.8, 4) is 11.8 Å². The predicted octanol–water partition coefficient (Wildman–Crippen LogP) is 2.13. The molecule has 4 heteroatoms. The van der Waals surface area contributed by atoms with E-state index < -0.39 is 11.4 Å². The second kappa shape index (κ2) is 5.28. The summed E-state index contributed by atoms with van der Waals surface area (Å²) < 4.78 is 5.06. The predicted molar refractivity (Wildman–Crippen MR) is 66.1 cm³/mol. The van der Waals surface area contributed by atoms with E-state index in [4.69, 9.17) is 10.00 Å². The van der Waals surface area contributed by atoms with Crippen LogP contribution in [-0.2, 0) is 15.0 Å². The molecule has 0 heterocycles. The molecule has 0 saturated heterocycles. The Kier molecular flexibility index (Phi) is 4.01. The summed E-state index contributed by atoms with van der Waals surface area (Å²) in [7, 11) is 0. The number of esters is 1. The number of nitriles is 1. The third-order valence-corrected chi connectivity index (χ3v) is 2.47. The lowest BCUT2D eigenvalue weighted by Crippen LogP contribution is -2.21. The first-order valence-electron chi connectivity index (χ1n) is 5.30. The van der Waals surface area contributed by atoms with Crippen LogP contribution in [0, 0.1) is 11.3 Å². The molecule has 0 spiro atoms. The summed E-state index contributed by atoms with van der Waals surface area (Å²) in [5.41, 5.74) is 0.0500. The van der Waals surface area contributed by atoms with Gasteiger partial charge in [0.05, 0.1) is 11.6 Å². The van der Waals surface area contributed by atoms with Gasteiger partial charge < -0.3 is 9.53 Å². The molecule has 0 atom stereocenters. The number of hydrogen-bond acceptors (Lipinski definition) is 4. The van der Waals surface area contributed by atoms with E-state index in [1.165, 1.54) is 12.1 Å². The molecular formula is C14H13NO3. The number of carbonyl (C=O) groups excluding carboxylic acids is 2. The maximum atomic E-state index is 11.2. The number of hydrogen-bond donors (Lipinski definition) is 0. The van der Waals surface area contributed by atoms with Gasteiger partial charge in [0, 0.05) is 17.1 Å². The largest absolute Gasteiger partial charge is 0.423 e. The van der Waals surface area contributed by atoms with Crippen LogP contribution in [0.3, 0.4) is 0 Å². The van der Waals surface area contributed by atoms with Crippen molar-refractivity contribution in [1.82, 2.24) is 0 Å². The molecule has 0 bridgehead atoms. The lowest BCUT2D eigenvalue weighted by Gasteiger charge is -2.20. The minimum Gasteiger partial charge on any atom is -0.423 e. The second-order valence-electron chi connectivity index (χ2n) is 4.29. The van der Waals surface area contributed by atoms with Gasteiger partial charge in [-0.05, 0) is 32.0 Å². The SMILES string of the molecule is C=CC(=O)Oc1ccc(C#N)cc1C(C)(C)C=O. The molecule has 0 aliphatic carbocycles. The van der Waals surface area contributed by atoms with Crippen molar-refractivity contribution < 1.29 is 14.3 Å². The van der Waals surface area contributed by atoms with Crippen molar-refractivity contribution >= 4 is 12.3 Å². The van der Waals surface area contributed by atoms with Gasteiger partial charge >= 0.3 is 5.97 Å². The van der Waals surface area contributed by atoms with Gasteiger partial charge in [-0.3, -0.25) is 0 Å². The number of aldehydes is 1. The van der Waals surface area contributed by atoms with Crippen LogP contribution in [0.5, 0.6) is 5.75 Å². The average Bonchev–Trinajstić information content (AvgIpc) is 2.38. The van der Waals surface area contributed by atoms with E-state index in [9.17, 15) is 9.59 Å². The van der Waals surface area contributed by atoms with Gasteiger partial charge in [0.1, 0.15) is 12.0 Å². The fourth-order valence-electron chi connectivity index (χ4n) is 1.41. The lowest BCUT2D eigenvalue weighted by atomic mass is 9.85. The normalized spacial score (nSPS) is 10.3. The number of benzene rings is 1. The van der Waals surface area contributed by atoms with Crippen molar-refractivity contribution in [1.29, 1.82) is 5.26 Å². The Morgan fingerprint density at radius 3 is 2.67 bits per heavy atom. The molecule has 0 fully saturated rings. The third kappa shape index (κ3) is 2.83. The smallest absolute Gasteiger partial charge is 0.335 e. The maximum absolute atomic E-state index is 11.2. The fraction of sp³-hybridized carbons (Fsp3) is 0.214. The van der Waals surface area contributed by atoms with E-state index in [2.05, 4.69) is 6.58 Å². The molecule has 0 aliphatic rings. The fourth-order valence-corrected chi connectivity index (χ4v) is 1.41. The topological polar surface area (TPSA) is 67.2 Å². The molecule has 4 nitrogen and oxygen atoms in total. The standard InChI is InChI=1S/C14H13NO3/c1-4-13(17)18-12-6-5-10(8-15)7-11(12)14(2,3)9-16/h4-7,9H,1H2,2-3H3. The summed E-state index contributed by atoms with van der Waals surface area (Å²) in [6.07, 6.45) is 1.78. The highest BCUT2D eigenvalue weighted by Gasteiger charge is 2.25. The summed E-state index contributed by atoms with van der Waals surface area (Å²) in [5, 5.41) is 8.86. The molecule has 0 amide bonds. The average molecular weight is 243 g/mol. The molecular weight excluding hydrogens is 230 g/mol. The van der Waals surface area contributed by atoms with Crippen LogP contribution < -0.4 is 4.74 Å². The first-order chi connectivity index (χ1) is 8.44. The highest BCUT2D eigenvalue weighted by atomic mass is 16.5. The summed E-state index contributed by atoms with van der Waals surface area (Å²) in [6.45, 7) is 6.67. The monoisotopic (exact) mass is 243 g/mol. The van der Waals surface area contributed by atoms with Gasteiger partial charge in [-0.25, -0.2) is 4.79 Å². The van der Waals surface area contributed by atoms with Crippen LogP contribution in [-0.4, -0.2) is 12.3 Å². The Morgan fingerprint density at radius 1 is 1.50 bits per heavy atom. The van der Waals surface area contributed by atoms with Crippen molar-refractivity contribution in [2.24, 2.45) is 0 Å². The van der Waals surface area contributed by atoms with Crippen molar-refractivity contribution in [2.45, 2.75) is 19.3 Å². The minimum absolute atomic E-state index is 0.260. The second-order valence-corrected chi connectivity index (χ2v) is 4.29. The lowest BCUT2D eigenvalue weighted by molar-refractivity contribution is -0.129. The van der Waals surface area contributed by atoms with Gasteiger partial charge in [0.25, 0.3) is 0 Å². The van der Waals surface area contributed by atoms with E-state index in [0.29, 0.717) is 11.1 Å². The van der Waals surface area contributed by atoms with Gasteiger partial charge in [-0.1, -0.05) is 6.58 Å². The summed E-state index contributed by atoms with van der Waals surface area (Å²) >= 11 is 0. The van der Waals surface area contributed by atoms with Gasteiger partial charge in [0.2, 0.25) is 0 Å². The Balaban J connectivity index is 3.34. The Morgan fingerprint density at radius 2 is 2.17 bits per heavy atom. The molecule has 0 unspecified atom stereocenters. The zero-order chi connectivity index (χ0) is 13.8. The van der Waals surface area contributed by atoms with Gasteiger partial charge in [-0.15, -0.1) is 0 Å². The van der Waals surface area contributed by atoms with E-state index in [-0.39, 0.29) is 5.75 Å². The van der Waals surface area contributed by atoms with E-state index in [0.717, 1.165) is 12.4 Å². The van der Waals surface area contributed by atoms with Crippen LogP contribution >= 0.6 is 0 Å². The third-order valence-electron chi connectivity index (χ3n) is 2.47. The molecule has 18 heavy (non-hydrogen) atoms. The summed E-state index contributed by atoms with van der Waals surface area (Å²) in [6, 6.07) is 6.55. The van der Waals surface area contributed by atoms with Crippen LogP contribution in [0.15, 0.2) is 30.9 Å². The van der Waals surface area contributed by atoms with Crippen molar-refractivity contribution in [2.75, 3.05) is 0 Å². The quantitative estimate of drug-likeness (QED) is 0.351. The van der Waals surface area contributed by atoms with E-state index >= 15 is 0 Å². The zero-order valence-corrected chi connectivity index (χ0v) is 10.3. The molecule has 0 saturated carbocycles. The van der Waals surface area contributed by atoms with Crippen molar-refractivity contribution in [3.63, 3.8) is 0 Å². The Labute approximate surface area is 105 Å². The van der Waals surface area contributed by atoms with Crippen LogP contribution in [0.4, 0.5) is 0 Å². The molecule has 1 aromatic carbocycles. The molecule has 0 aromatic heterocycles. The number of carbonyl (C=O) groups is 2. The summed E-state index contributed by atoms with van der Waals surface area (Å²) in [4.78, 5) is 22.3. The van der Waals surface area contributed by atoms with Gasteiger partial charge in [-0.2, -0.15) is 5.26 Å². The van der Waals surface area contributed by atoms with Crippen LogP contribution in [0.2, 0.25) is 0 Å².